The van der Waals surface area contributed by atoms with Crippen molar-refractivity contribution in [2.24, 2.45) is 11.3 Å². The molecule has 0 aromatic heterocycles. The molecule has 2 aromatic carbocycles. The van der Waals surface area contributed by atoms with Gasteiger partial charge in [-0.15, -0.1) is 0 Å². The highest BCUT2D eigenvalue weighted by atomic mass is 16.5. The van der Waals surface area contributed by atoms with Gasteiger partial charge in [0.05, 0.1) is 6.61 Å². The SMILES string of the molecule is Cc1ccc(-c2ccc(C(=O)N3C[C@@H]4CCOC[C@]4(C(=O)O)C3)cc2)cc1. The van der Waals surface area contributed by atoms with Crippen LogP contribution in [0.5, 0.6) is 0 Å². The Morgan fingerprint density at radius 2 is 1.70 bits per heavy atom. The van der Waals surface area contributed by atoms with Crippen molar-refractivity contribution in [3.05, 3.63) is 59.7 Å². The molecule has 5 nitrogen and oxygen atoms in total. The summed E-state index contributed by atoms with van der Waals surface area (Å²) in [7, 11) is 0. The third kappa shape index (κ3) is 3.12. The van der Waals surface area contributed by atoms with Crippen molar-refractivity contribution in [2.45, 2.75) is 13.3 Å². The van der Waals surface area contributed by atoms with Gasteiger partial charge in [0, 0.05) is 25.3 Å². The minimum atomic E-state index is -0.963. The number of carbonyl (C=O) groups is 2. The van der Waals surface area contributed by atoms with Crippen LogP contribution < -0.4 is 0 Å². The van der Waals surface area contributed by atoms with Gasteiger partial charge in [-0.1, -0.05) is 42.0 Å². The molecule has 2 atom stereocenters. The van der Waals surface area contributed by atoms with Crippen LogP contribution in [0.3, 0.4) is 0 Å². The van der Waals surface area contributed by atoms with Crippen molar-refractivity contribution in [3.8, 4) is 11.1 Å². The van der Waals surface area contributed by atoms with Crippen LogP contribution in [0.15, 0.2) is 48.5 Å². The Morgan fingerprint density at radius 1 is 1.07 bits per heavy atom. The zero-order valence-corrected chi connectivity index (χ0v) is 15.4. The summed E-state index contributed by atoms with van der Waals surface area (Å²) in [5.74, 6) is -1.02. The van der Waals surface area contributed by atoms with Crippen molar-refractivity contribution in [1.82, 2.24) is 4.90 Å². The predicted octanol–water partition coefficient (Wildman–Crippen LogP) is 3.23. The first-order valence-electron chi connectivity index (χ1n) is 9.27. The molecule has 0 unspecified atom stereocenters. The fourth-order valence-electron chi connectivity index (χ4n) is 4.18. The molecule has 2 heterocycles. The molecule has 2 aliphatic rings. The molecule has 0 saturated carbocycles. The highest BCUT2D eigenvalue weighted by Crippen LogP contribution is 2.42. The van der Waals surface area contributed by atoms with Gasteiger partial charge in [-0.2, -0.15) is 0 Å². The van der Waals surface area contributed by atoms with Gasteiger partial charge in [0.2, 0.25) is 0 Å². The topological polar surface area (TPSA) is 66.8 Å². The minimum Gasteiger partial charge on any atom is -0.481 e. The van der Waals surface area contributed by atoms with Crippen molar-refractivity contribution in [3.63, 3.8) is 0 Å². The monoisotopic (exact) mass is 365 g/mol. The van der Waals surface area contributed by atoms with Crippen LogP contribution in [0.1, 0.15) is 22.3 Å². The number of ether oxygens (including phenoxy) is 1. The van der Waals surface area contributed by atoms with E-state index >= 15 is 0 Å². The Balaban J connectivity index is 1.53. The number of benzene rings is 2. The maximum absolute atomic E-state index is 12.9. The fraction of sp³-hybridized carbons (Fsp3) is 0.364. The van der Waals surface area contributed by atoms with Crippen molar-refractivity contribution < 1.29 is 19.4 Å². The second-order valence-electron chi connectivity index (χ2n) is 7.63. The molecule has 1 amide bonds. The van der Waals surface area contributed by atoms with E-state index < -0.39 is 11.4 Å². The first-order valence-corrected chi connectivity index (χ1v) is 9.27. The molecule has 1 N–H and O–H groups in total. The van der Waals surface area contributed by atoms with Crippen LogP contribution in [0.25, 0.3) is 11.1 Å². The lowest BCUT2D eigenvalue weighted by atomic mass is 9.76. The number of fused-ring (bicyclic) bond motifs is 1. The van der Waals surface area contributed by atoms with Gasteiger partial charge in [-0.3, -0.25) is 9.59 Å². The Morgan fingerprint density at radius 3 is 2.30 bits per heavy atom. The number of rotatable bonds is 3. The van der Waals surface area contributed by atoms with E-state index in [4.69, 9.17) is 4.74 Å². The van der Waals surface area contributed by atoms with Crippen LogP contribution in [0.4, 0.5) is 0 Å². The number of aryl methyl sites for hydroxylation is 1. The van der Waals surface area contributed by atoms with Gasteiger partial charge in [0.1, 0.15) is 5.41 Å². The highest BCUT2D eigenvalue weighted by molar-refractivity contribution is 5.95. The summed E-state index contributed by atoms with van der Waals surface area (Å²) >= 11 is 0. The molecule has 4 rings (SSSR count). The lowest BCUT2D eigenvalue weighted by Gasteiger charge is -2.33. The molecular formula is C22H23NO4. The van der Waals surface area contributed by atoms with Crippen LogP contribution in [0.2, 0.25) is 0 Å². The number of carboxylic acid groups (broad SMARTS) is 1. The second-order valence-corrected chi connectivity index (χ2v) is 7.63. The number of amides is 1. The highest BCUT2D eigenvalue weighted by Gasteiger charge is 2.55. The number of likely N-dealkylation sites (tertiary alicyclic amines) is 1. The van der Waals surface area contributed by atoms with Gasteiger partial charge in [-0.05, 0) is 42.5 Å². The smallest absolute Gasteiger partial charge is 0.314 e. The van der Waals surface area contributed by atoms with Crippen LogP contribution in [0, 0.1) is 18.3 Å². The summed E-state index contributed by atoms with van der Waals surface area (Å²) in [6.07, 6.45) is 0.683. The second kappa shape index (κ2) is 6.82. The third-order valence-corrected chi connectivity index (χ3v) is 5.90. The molecule has 2 aliphatic heterocycles. The van der Waals surface area contributed by atoms with Gasteiger partial charge < -0.3 is 14.7 Å². The Kier molecular flexibility index (Phi) is 4.48. The number of aliphatic carboxylic acids is 1. The molecule has 5 heteroatoms. The number of carboxylic acids is 1. The molecule has 27 heavy (non-hydrogen) atoms. The zero-order valence-electron chi connectivity index (χ0n) is 15.4. The van der Waals surface area contributed by atoms with E-state index in [-0.39, 0.29) is 25.0 Å². The first-order chi connectivity index (χ1) is 13.0. The molecule has 140 valence electrons. The number of hydrogen-bond acceptors (Lipinski definition) is 3. The minimum absolute atomic E-state index is 0.0421. The lowest BCUT2D eigenvalue weighted by molar-refractivity contribution is -0.159. The van der Waals surface area contributed by atoms with Crippen molar-refractivity contribution in [2.75, 3.05) is 26.3 Å². The van der Waals surface area contributed by atoms with E-state index in [0.717, 1.165) is 11.1 Å². The molecule has 2 fully saturated rings. The Hall–Kier alpha value is -2.66. The summed E-state index contributed by atoms with van der Waals surface area (Å²) in [4.78, 5) is 26.5. The van der Waals surface area contributed by atoms with Crippen LogP contribution in [-0.2, 0) is 9.53 Å². The van der Waals surface area contributed by atoms with E-state index in [1.807, 2.05) is 31.2 Å². The van der Waals surface area contributed by atoms with Crippen LogP contribution >= 0.6 is 0 Å². The molecule has 0 aliphatic carbocycles. The summed E-state index contributed by atoms with van der Waals surface area (Å²) in [6.45, 7) is 3.49. The zero-order chi connectivity index (χ0) is 19.0. The van der Waals surface area contributed by atoms with Crippen molar-refractivity contribution in [1.29, 1.82) is 0 Å². The molecule has 2 saturated heterocycles. The van der Waals surface area contributed by atoms with E-state index in [2.05, 4.69) is 24.3 Å². The number of nitrogens with zero attached hydrogens (tertiary/aromatic N) is 1. The van der Waals surface area contributed by atoms with Gasteiger partial charge in [0.15, 0.2) is 0 Å². The maximum Gasteiger partial charge on any atom is 0.314 e. The molecule has 2 aromatic rings. The number of hydrogen-bond donors (Lipinski definition) is 1. The predicted molar refractivity (Wildman–Crippen MR) is 102 cm³/mol. The third-order valence-electron chi connectivity index (χ3n) is 5.90. The normalized spacial score (nSPS) is 24.5. The first kappa shape index (κ1) is 17.7. The fourth-order valence-corrected chi connectivity index (χ4v) is 4.18. The van der Waals surface area contributed by atoms with Crippen LogP contribution in [-0.4, -0.2) is 48.2 Å². The van der Waals surface area contributed by atoms with Gasteiger partial charge in [-0.25, -0.2) is 0 Å². The quantitative estimate of drug-likeness (QED) is 0.907. The van der Waals surface area contributed by atoms with Gasteiger partial charge >= 0.3 is 5.97 Å². The molecule has 0 spiro atoms. The van der Waals surface area contributed by atoms with Gasteiger partial charge in [0.25, 0.3) is 5.91 Å². The summed E-state index contributed by atoms with van der Waals surface area (Å²) in [5, 5.41) is 9.73. The summed E-state index contributed by atoms with van der Waals surface area (Å²) in [6, 6.07) is 15.8. The average molecular weight is 365 g/mol. The standard InChI is InChI=1S/C22H23NO4/c1-15-2-4-16(5-3-15)17-6-8-18(9-7-17)20(24)23-12-19-10-11-27-14-22(19,13-23)21(25)26/h2-9,19H,10-14H2,1H3,(H,25,26)/t19-,22+/m0/s1. The Bertz CT molecular complexity index is 859. The van der Waals surface area contributed by atoms with E-state index in [0.29, 0.717) is 25.1 Å². The van der Waals surface area contributed by atoms with Crippen molar-refractivity contribution >= 4 is 11.9 Å². The van der Waals surface area contributed by atoms with E-state index in [1.54, 1.807) is 4.90 Å². The molecule has 0 bridgehead atoms. The number of carbonyl (C=O) groups excluding carboxylic acids is 1. The summed E-state index contributed by atoms with van der Waals surface area (Å²) in [5.41, 5.74) is 2.99. The van der Waals surface area contributed by atoms with E-state index in [1.165, 1.54) is 5.56 Å². The Labute approximate surface area is 158 Å². The summed E-state index contributed by atoms with van der Waals surface area (Å²) < 4.78 is 5.44. The average Bonchev–Trinajstić information content (AvgIpc) is 3.09. The molecule has 0 radical (unpaired) electrons. The lowest BCUT2D eigenvalue weighted by Crippen LogP contribution is -2.46. The maximum atomic E-state index is 12.9. The molecular weight excluding hydrogens is 342 g/mol. The largest absolute Gasteiger partial charge is 0.481 e. The van der Waals surface area contributed by atoms with E-state index in [9.17, 15) is 14.7 Å².